The van der Waals surface area contributed by atoms with E-state index < -0.39 is 29.7 Å². The highest BCUT2D eigenvalue weighted by molar-refractivity contribution is 5.89. The molecule has 1 fully saturated rings. The molecule has 1 aromatic carbocycles. The first kappa shape index (κ1) is 28.5. The lowest BCUT2D eigenvalue weighted by Crippen LogP contribution is -2.56. The third-order valence-corrected chi connectivity index (χ3v) is 6.56. The van der Waals surface area contributed by atoms with E-state index in [1.54, 1.807) is 12.4 Å². The summed E-state index contributed by atoms with van der Waals surface area (Å²) < 4.78 is 0. The molecule has 8 nitrogen and oxygen atoms in total. The molecular formula is C27H42N4O4. The maximum Gasteiger partial charge on any atom is 0.257 e. The van der Waals surface area contributed by atoms with Crippen LogP contribution in [0.4, 0.5) is 0 Å². The van der Waals surface area contributed by atoms with Crippen molar-refractivity contribution in [2.24, 2.45) is 29.4 Å². The second kappa shape index (κ2) is 14.6. The van der Waals surface area contributed by atoms with Crippen LogP contribution in [0.25, 0.3) is 6.08 Å². The number of nitrogens with two attached hydrogens (primary N) is 1. The van der Waals surface area contributed by atoms with Crippen molar-refractivity contribution in [3.63, 3.8) is 0 Å². The Morgan fingerprint density at radius 1 is 1.06 bits per heavy atom. The summed E-state index contributed by atoms with van der Waals surface area (Å²) >= 11 is 0. The van der Waals surface area contributed by atoms with Crippen molar-refractivity contribution in [3.05, 3.63) is 42.0 Å². The van der Waals surface area contributed by atoms with Crippen LogP contribution in [-0.2, 0) is 14.4 Å². The van der Waals surface area contributed by atoms with Crippen LogP contribution in [0.5, 0.6) is 0 Å². The van der Waals surface area contributed by atoms with Gasteiger partial charge in [0.15, 0.2) is 0 Å². The molecule has 0 aromatic heterocycles. The van der Waals surface area contributed by atoms with Crippen LogP contribution >= 0.6 is 0 Å². The number of nitrogens with zero attached hydrogens (tertiary/aromatic N) is 1. The molecule has 35 heavy (non-hydrogen) atoms. The SMILES string of the molecule is CC(C)C[C@@H](C(=O)NN(CC1CCCCC1)C(=O)[C@@H](C)N)[C@H](CC=Cc1ccccc1)C(=O)NO. The number of rotatable bonds is 11. The monoisotopic (exact) mass is 486 g/mol. The average molecular weight is 487 g/mol. The lowest BCUT2D eigenvalue weighted by molar-refractivity contribution is -0.148. The molecule has 5 N–H and O–H groups in total. The van der Waals surface area contributed by atoms with Crippen molar-refractivity contribution < 1.29 is 19.6 Å². The number of allylic oxidation sites excluding steroid dienone is 1. The van der Waals surface area contributed by atoms with E-state index in [2.05, 4.69) is 5.43 Å². The molecule has 0 unspecified atom stereocenters. The van der Waals surface area contributed by atoms with Crippen LogP contribution in [0.15, 0.2) is 36.4 Å². The van der Waals surface area contributed by atoms with Gasteiger partial charge in [-0.05, 0) is 50.0 Å². The number of hydrogen-bond acceptors (Lipinski definition) is 5. The van der Waals surface area contributed by atoms with Crippen molar-refractivity contribution in [1.29, 1.82) is 0 Å². The topological polar surface area (TPSA) is 125 Å². The van der Waals surface area contributed by atoms with Crippen molar-refractivity contribution in [2.75, 3.05) is 6.54 Å². The molecule has 1 aromatic rings. The Kier molecular flexibility index (Phi) is 11.9. The van der Waals surface area contributed by atoms with E-state index in [4.69, 9.17) is 5.73 Å². The summed E-state index contributed by atoms with van der Waals surface area (Å²) in [5.74, 6) is -2.50. The maximum absolute atomic E-state index is 13.5. The second-order valence-electron chi connectivity index (χ2n) is 10.1. The number of hydrogen-bond donors (Lipinski definition) is 4. The first-order chi connectivity index (χ1) is 16.7. The summed E-state index contributed by atoms with van der Waals surface area (Å²) in [6, 6.07) is 8.89. The first-order valence-corrected chi connectivity index (χ1v) is 12.8. The number of nitrogens with one attached hydrogen (secondary N) is 2. The third kappa shape index (κ3) is 9.45. The van der Waals surface area contributed by atoms with Crippen LogP contribution in [0.2, 0.25) is 0 Å². The molecule has 1 aliphatic rings. The van der Waals surface area contributed by atoms with Crippen LogP contribution in [0.1, 0.15) is 71.3 Å². The standard InChI is InChI=1S/C27H42N4O4/c1-19(2)17-24(23(26(33)30-35)16-10-15-21-11-6-4-7-12-21)25(32)29-31(27(34)20(3)28)18-22-13-8-5-9-14-22/h4,6-7,10-12,15,19-20,22-24,35H,5,8-9,13-14,16-18,28H2,1-3H3,(H,29,32)(H,30,33)/t20-,23+,24-/m1/s1. The van der Waals surface area contributed by atoms with Crippen LogP contribution in [0.3, 0.4) is 0 Å². The van der Waals surface area contributed by atoms with Gasteiger partial charge in [-0.25, -0.2) is 5.48 Å². The zero-order valence-electron chi connectivity index (χ0n) is 21.3. The van der Waals surface area contributed by atoms with Crippen molar-refractivity contribution in [3.8, 4) is 0 Å². The van der Waals surface area contributed by atoms with Crippen LogP contribution < -0.4 is 16.6 Å². The summed E-state index contributed by atoms with van der Waals surface area (Å²) in [5.41, 5.74) is 11.4. The number of amides is 3. The second-order valence-corrected chi connectivity index (χ2v) is 10.1. The van der Waals surface area contributed by atoms with Crippen LogP contribution in [0, 0.1) is 23.7 Å². The third-order valence-electron chi connectivity index (χ3n) is 6.56. The summed E-state index contributed by atoms with van der Waals surface area (Å²) in [5, 5.41) is 10.8. The Hall–Kier alpha value is -2.71. The highest BCUT2D eigenvalue weighted by Gasteiger charge is 2.35. The molecule has 0 spiro atoms. The largest absolute Gasteiger partial charge is 0.320 e. The Morgan fingerprint density at radius 3 is 2.29 bits per heavy atom. The normalized spacial score (nSPS) is 17.1. The number of hydrazine groups is 1. The molecule has 0 bridgehead atoms. The number of carbonyl (C=O) groups is 3. The van der Waals surface area contributed by atoms with Gasteiger partial charge in [0.2, 0.25) is 11.8 Å². The molecule has 1 saturated carbocycles. The van der Waals surface area contributed by atoms with E-state index in [1.165, 1.54) is 11.4 Å². The van der Waals surface area contributed by atoms with Gasteiger partial charge < -0.3 is 5.73 Å². The summed E-state index contributed by atoms with van der Waals surface area (Å²) in [6.45, 7) is 5.96. The highest BCUT2D eigenvalue weighted by Crippen LogP contribution is 2.27. The zero-order chi connectivity index (χ0) is 25.8. The molecule has 1 aliphatic carbocycles. The van der Waals surface area contributed by atoms with Gasteiger partial charge in [0, 0.05) is 6.54 Å². The van der Waals surface area contributed by atoms with Crippen LogP contribution in [-0.4, -0.2) is 40.5 Å². The molecule has 0 saturated heterocycles. The van der Waals surface area contributed by atoms with E-state index in [9.17, 15) is 19.6 Å². The minimum atomic E-state index is -0.802. The number of carbonyl (C=O) groups excluding carboxylic acids is 3. The first-order valence-electron chi connectivity index (χ1n) is 12.8. The Morgan fingerprint density at radius 2 is 1.71 bits per heavy atom. The van der Waals surface area contributed by atoms with Gasteiger partial charge in [-0.15, -0.1) is 0 Å². The average Bonchev–Trinajstić information content (AvgIpc) is 2.85. The molecule has 0 aliphatic heterocycles. The molecule has 8 heteroatoms. The van der Waals surface area contributed by atoms with E-state index in [0.717, 1.165) is 31.2 Å². The molecule has 0 heterocycles. The smallest absolute Gasteiger partial charge is 0.257 e. The number of benzene rings is 1. The summed E-state index contributed by atoms with van der Waals surface area (Å²) in [6.07, 6.45) is 9.84. The highest BCUT2D eigenvalue weighted by atomic mass is 16.5. The lowest BCUT2D eigenvalue weighted by atomic mass is 9.82. The number of hydroxylamine groups is 1. The van der Waals surface area contributed by atoms with Crippen molar-refractivity contribution >= 4 is 23.8 Å². The summed E-state index contributed by atoms with van der Waals surface area (Å²) in [7, 11) is 0. The Labute approximate surface area is 209 Å². The van der Waals surface area contributed by atoms with Gasteiger partial charge in [0.05, 0.1) is 17.9 Å². The zero-order valence-corrected chi connectivity index (χ0v) is 21.3. The van der Waals surface area contributed by atoms with E-state index >= 15 is 0 Å². The lowest BCUT2D eigenvalue weighted by Gasteiger charge is -2.33. The molecule has 2 rings (SSSR count). The van der Waals surface area contributed by atoms with E-state index in [0.29, 0.717) is 18.9 Å². The molecular weight excluding hydrogens is 444 g/mol. The predicted octanol–water partition coefficient (Wildman–Crippen LogP) is 3.66. The predicted molar refractivity (Wildman–Crippen MR) is 137 cm³/mol. The molecule has 3 amide bonds. The summed E-state index contributed by atoms with van der Waals surface area (Å²) in [4.78, 5) is 39.0. The molecule has 0 radical (unpaired) electrons. The van der Waals surface area contributed by atoms with Gasteiger partial charge in [0.1, 0.15) is 0 Å². The fraction of sp³-hybridized carbons (Fsp3) is 0.593. The van der Waals surface area contributed by atoms with Gasteiger partial charge in [-0.1, -0.05) is 75.6 Å². The van der Waals surface area contributed by atoms with Crippen molar-refractivity contribution in [1.82, 2.24) is 15.9 Å². The fourth-order valence-corrected chi connectivity index (χ4v) is 4.69. The minimum absolute atomic E-state index is 0.119. The van der Waals surface area contributed by atoms with E-state index in [-0.39, 0.29) is 18.2 Å². The Balaban J connectivity index is 2.23. The molecule has 194 valence electrons. The maximum atomic E-state index is 13.5. The van der Waals surface area contributed by atoms with Gasteiger partial charge >= 0.3 is 0 Å². The molecule has 3 atom stereocenters. The van der Waals surface area contributed by atoms with E-state index in [1.807, 2.05) is 56.3 Å². The van der Waals surface area contributed by atoms with Crippen molar-refractivity contribution in [2.45, 2.75) is 71.8 Å². The minimum Gasteiger partial charge on any atom is -0.320 e. The van der Waals surface area contributed by atoms with Gasteiger partial charge in [-0.3, -0.25) is 30.0 Å². The van der Waals surface area contributed by atoms with Gasteiger partial charge in [0.25, 0.3) is 5.91 Å². The fourth-order valence-electron chi connectivity index (χ4n) is 4.69. The van der Waals surface area contributed by atoms with Gasteiger partial charge in [-0.2, -0.15) is 0 Å². The quantitative estimate of drug-likeness (QED) is 0.281. The Bertz CT molecular complexity index is 835.